The van der Waals surface area contributed by atoms with Gasteiger partial charge in [0.05, 0.1) is 0 Å². The van der Waals surface area contributed by atoms with E-state index >= 15 is 0 Å². The highest BCUT2D eigenvalue weighted by Crippen LogP contribution is 2.28. The maximum Gasteiger partial charge on any atom is 0.246 e. The summed E-state index contributed by atoms with van der Waals surface area (Å²) in [6, 6.07) is 11.4. The van der Waals surface area contributed by atoms with E-state index < -0.39 is 0 Å². The van der Waals surface area contributed by atoms with E-state index in [0.29, 0.717) is 5.56 Å². The minimum atomic E-state index is 0.0297. The first-order valence-corrected chi connectivity index (χ1v) is 7.43. The van der Waals surface area contributed by atoms with Crippen LogP contribution in [0, 0.1) is 0 Å². The summed E-state index contributed by atoms with van der Waals surface area (Å²) in [7, 11) is 0. The third kappa shape index (κ3) is 2.92. The van der Waals surface area contributed by atoms with Gasteiger partial charge < -0.3 is 10.0 Å². The van der Waals surface area contributed by atoms with Crippen LogP contribution < -0.4 is 0 Å². The molecule has 1 fully saturated rings. The molecule has 1 aliphatic heterocycles. The van der Waals surface area contributed by atoms with E-state index in [1.807, 2.05) is 35.2 Å². The fourth-order valence-corrected chi connectivity index (χ4v) is 2.83. The zero-order valence-corrected chi connectivity index (χ0v) is 12.0. The molecule has 0 aromatic heterocycles. The first-order valence-electron chi connectivity index (χ1n) is 7.43. The molecule has 1 amide bonds. The molecule has 3 heteroatoms. The number of fused-ring (bicyclic) bond motifs is 1. The lowest BCUT2D eigenvalue weighted by Gasteiger charge is -2.25. The highest BCUT2D eigenvalue weighted by molar-refractivity contribution is 5.98. The molecule has 21 heavy (non-hydrogen) atoms. The van der Waals surface area contributed by atoms with Crippen molar-refractivity contribution in [2.45, 2.75) is 19.3 Å². The summed E-state index contributed by atoms with van der Waals surface area (Å²) in [5.74, 6) is 0.235. The van der Waals surface area contributed by atoms with Crippen LogP contribution in [0.4, 0.5) is 0 Å². The molecule has 1 saturated heterocycles. The van der Waals surface area contributed by atoms with Gasteiger partial charge in [-0.05, 0) is 42.2 Å². The average molecular weight is 281 g/mol. The van der Waals surface area contributed by atoms with Crippen LogP contribution in [0.2, 0.25) is 0 Å². The predicted molar refractivity (Wildman–Crippen MR) is 85.1 cm³/mol. The molecule has 0 radical (unpaired) electrons. The van der Waals surface area contributed by atoms with Crippen molar-refractivity contribution in [3.63, 3.8) is 0 Å². The number of phenols is 1. The van der Waals surface area contributed by atoms with Crippen LogP contribution in [-0.4, -0.2) is 29.0 Å². The second-order valence-electron chi connectivity index (χ2n) is 5.44. The number of piperidine rings is 1. The molecule has 1 aliphatic rings. The molecule has 108 valence electrons. The van der Waals surface area contributed by atoms with Gasteiger partial charge in [0.2, 0.25) is 5.91 Å². The summed E-state index contributed by atoms with van der Waals surface area (Å²) in [6.45, 7) is 1.68. The van der Waals surface area contributed by atoms with Crippen LogP contribution in [0.15, 0.2) is 42.5 Å². The lowest BCUT2D eigenvalue weighted by molar-refractivity contribution is -0.126. The third-order valence-electron chi connectivity index (χ3n) is 4.01. The molecule has 3 rings (SSSR count). The van der Waals surface area contributed by atoms with Gasteiger partial charge in [-0.2, -0.15) is 0 Å². The fourth-order valence-electron chi connectivity index (χ4n) is 2.83. The van der Waals surface area contributed by atoms with Gasteiger partial charge in [0.15, 0.2) is 0 Å². The largest absolute Gasteiger partial charge is 0.507 e. The zero-order valence-electron chi connectivity index (χ0n) is 12.0. The molecule has 0 aliphatic carbocycles. The van der Waals surface area contributed by atoms with E-state index in [1.54, 1.807) is 18.2 Å². The summed E-state index contributed by atoms with van der Waals surface area (Å²) in [6.07, 6.45) is 6.68. The maximum atomic E-state index is 12.2. The van der Waals surface area contributed by atoms with Crippen molar-refractivity contribution in [2.75, 3.05) is 13.1 Å². The van der Waals surface area contributed by atoms with Crippen molar-refractivity contribution in [2.24, 2.45) is 0 Å². The Morgan fingerprint density at radius 3 is 2.62 bits per heavy atom. The monoisotopic (exact) mass is 281 g/mol. The van der Waals surface area contributed by atoms with Crippen molar-refractivity contribution in [1.29, 1.82) is 0 Å². The molecule has 2 aromatic carbocycles. The van der Waals surface area contributed by atoms with Gasteiger partial charge >= 0.3 is 0 Å². The van der Waals surface area contributed by atoms with E-state index in [2.05, 4.69) is 0 Å². The highest BCUT2D eigenvalue weighted by atomic mass is 16.3. The molecule has 1 heterocycles. The number of benzene rings is 2. The minimum Gasteiger partial charge on any atom is -0.507 e. The molecular weight excluding hydrogens is 262 g/mol. The Kier molecular flexibility index (Phi) is 3.91. The molecule has 2 aromatic rings. The Hall–Kier alpha value is -2.29. The van der Waals surface area contributed by atoms with E-state index in [1.165, 1.54) is 6.42 Å². The van der Waals surface area contributed by atoms with Crippen molar-refractivity contribution >= 4 is 22.8 Å². The zero-order chi connectivity index (χ0) is 14.7. The molecule has 0 unspecified atom stereocenters. The van der Waals surface area contributed by atoms with Crippen LogP contribution >= 0.6 is 0 Å². The van der Waals surface area contributed by atoms with E-state index in [4.69, 9.17) is 0 Å². The van der Waals surface area contributed by atoms with Crippen molar-refractivity contribution in [3.05, 3.63) is 48.0 Å². The van der Waals surface area contributed by atoms with Crippen molar-refractivity contribution in [1.82, 2.24) is 4.90 Å². The first kappa shape index (κ1) is 13.7. The SMILES string of the molecule is O=C(/C=C/c1c(O)ccc2ccccc12)N1CCCCC1. The van der Waals surface area contributed by atoms with Gasteiger partial charge in [0.1, 0.15) is 5.75 Å². The summed E-state index contributed by atoms with van der Waals surface area (Å²) in [5, 5.41) is 12.1. The van der Waals surface area contributed by atoms with E-state index in [0.717, 1.165) is 36.7 Å². The van der Waals surface area contributed by atoms with Crippen molar-refractivity contribution in [3.8, 4) is 5.75 Å². The summed E-state index contributed by atoms with van der Waals surface area (Å²) >= 11 is 0. The van der Waals surface area contributed by atoms with Crippen LogP contribution in [0.3, 0.4) is 0 Å². The summed E-state index contributed by atoms with van der Waals surface area (Å²) < 4.78 is 0. The standard InChI is InChI=1S/C18H19NO2/c20-17-10-8-14-6-2-3-7-15(14)16(17)9-11-18(21)19-12-4-1-5-13-19/h2-3,6-11,20H,1,4-5,12-13H2/b11-9+. The van der Waals surface area contributed by atoms with Gasteiger partial charge in [-0.25, -0.2) is 0 Å². The normalized spacial score (nSPS) is 15.7. The quantitative estimate of drug-likeness (QED) is 0.855. The molecular formula is C18H19NO2. The number of carbonyl (C=O) groups excluding carboxylic acids is 1. The number of aromatic hydroxyl groups is 1. The van der Waals surface area contributed by atoms with Crippen LogP contribution in [0.25, 0.3) is 16.8 Å². The Labute approximate surface area is 124 Å². The van der Waals surface area contributed by atoms with Crippen LogP contribution in [0.5, 0.6) is 5.75 Å². The number of amides is 1. The Bertz CT molecular complexity index is 685. The van der Waals surface area contributed by atoms with E-state index in [9.17, 15) is 9.90 Å². The molecule has 0 spiro atoms. The van der Waals surface area contributed by atoms with Crippen LogP contribution in [-0.2, 0) is 4.79 Å². The Balaban J connectivity index is 1.88. The van der Waals surface area contributed by atoms with Gasteiger partial charge in [-0.1, -0.05) is 30.3 Å². The second-order valence-corrected chi connectivity index (χ2v) is 5.44. The molecule has 0 bridgehead atoms. The number of carbonyl (C=O) groups is 1. The van der Waals surface area contributed by atoms with Gasteiger partial charge in [-0.3, -0.25) is 4.79 Å². The number of phenolic OH excluding ortho intramolecular Hbond substituents is 1. The van der Waals surface area contributed by atoms with Crippen molar-refractivity contribution < 1.29 is 9.90 Å². The topological polar surface area (TPSA) is 40.5 Å². The number of nitrogens with zero attached hydrogens (tertiary/aromatic N) is 1. The Morgan fingerprint density at radius 1 is 1.05 bits per heavy atom. The highest BCUT2D eigenvalue weighted by Gasteiger charge is 2.14. The fraction of sp³-hybridized carbons (Fsp3) is 0.278. The third-order valence-corrected chi connectivity index (χ3v) is 4.01. The average Bonchev–Trinajstić information content (AvgIpc) is 2.54. The van der Waals surface area contributed by atoms with Crippen LogP contribution in [0.1, 0.15) is 24.8 Å². The molecule has 0 atom stereocenters. The lowest BCUT2D eigenvalue weighted by atomic mass is 10.0. The van der Waals surface area contributed by atoms with Gasteiger partial charge in [-0.15, -0.1) is 0 Å². The molecule has 1 N–H and O–H groups in total. The second kappa shape index (κ2) is 6.00. The van der Waals surface area contributed by atoms with E-state index in [-0.39, 0.29) is 11.7 Å². The van der Waals surface area contributed by atoms with Gasteiger partial charge in [0, 0.05) is 24.7 Å². The number of likely N-dealkylation sites (tertiary alicyclic amines) is 1. The lowest BCUT2D eigenvalue weighted by Crippen LogP contribution is -2.34. The smallest absolute Gasteiger partial charge is 0.246 e. The first-order chi connectivity index (χ1) is 10.3. The summed E-state index contributed by atoms with van der Waals surface area (Å²) in [4.78, 5) is 14.1. The number of rotatable bonds is 2. The minimum absolute atomic E-state index is 0.0297. The number of hydrogen-bond acceptors (Lipinski definition) is 2. The molecule has 0 saturated carbocycles. The summed E-state index contributed by atoms with van der Waals surface area (Å²) in [5.41, 5.74) is 0.707. The predicted octanol–water partition coefficient (Wildman–Crippen LogP) is 3.57. The molecule has 3 nitrogen and oxygen atoms in total. The Morgan fingerprint density at radius 2 is 1.81 bits per heavy atom. The number of hydrogen-bond donors (Lipinski definition) is 1. The maximum absolute atomic E-state index is 12.2. The van der Waals surface area contributed by atoms with Gasteiger partial charge in [0.25, 0.3) is 0 Å².